The zero-order valence-electron chi connectivity index (χ0n) is 12.3. The van der Waals surface area contributed by atoms with Gasteiger partial charge in [-0.15, -0.1) is 0 Å². The van der Waals surface area contributed by atoms with E-state index in [4.69, 9.17) is 9.47 Å². The van der Waals surface area contributed by atoms with Crippen molar-refractivity contribution in [2.45, 2.75) is 37.8 Å². The maximum atomic E-state index is 12.3. The first kappa shape index (κ1) is 16.7. The van der Waals surface area contributed by atoms with Crippen LogP contribution in [0, 0.1) is 0 Å². The summed E-state index contributed by atoms with van der Waals surface area (Å²) in [6, 6.07) is -0.533. The molecular weight excluding hydrogens is 264 g/mol. The van der Waals surface area contributed by atoms with Gasteiger partial charge in [-0.1, -0.05) is 0 Å². The first-order valence-corrected chi connectivity index (χ1v) is 6.77. The molecule has 0 bridgehead atoms. The molecule has 0 aromatic carbocycles. The summed E-state index contributed by atoms with van der Waals surface area (Å²) in [5, 5.41) is 11.9. The molecule has 116 valence electrons. The van der Waals surface area contributed by atoms with Crippen molar-refractivity contribution in [2.75, 3.05) is 34.0 Å². The number of carboxylic acids is 1. The van der Waals surface area contributed by atoms with Crippen molar-refractivity contribution in [3.8, 4) is 0 Å². The van der Waals surface area contributed by atoms with Gasteiger partial charge >= 0.3 is 12.0 Å². The van der Waals surface area contributed by atoms with E-state index in [0.29, 0.717) is 32.6 Å². The second-order valence-electron chi connectivity index (χ2n) is 5.16. The predicted molar refractivity (Wildman–Crippen MR) is 72.7 cm³/mol. The third-order valence-electron chi connectivity index (χ3n) is 3.70. The Balaban J connectivity index is 2.69. The van der Waals surface area contributed by atoms with Crippen molar-refractivity contribution in [1.29, 1.82) is 0 Å². The monoisotopic (exact) mass is 288 g/mol. The number of amides is 2. The second kappa shape index (κ2) is 7.44. The van der Waals surface area contributed by atoms with Crippen LogP contribution in [0.1, 0.15) is 26.2 Å². The highest BCUT2D eigenvalue weighted by Crippen LogP contribution is 2.32. The third-order valence-corrected chi connectivity index (χ3v) is 3.70. The number of methoxy groups -OCH3 is 2. The van der Waals surface area contributed by atoms with Gasteiger partial charge in [-0.25, -0.2) is 9.59 Å². The Hall–Kier alpha value is -1.34. The number of hydrogen-bond donors (Lipinski definition) is 2. The summed E-state index contributed by atoms with van der Waals surface area (Å²) in [5.41, 5.74) is -1.10. The van der Waals surface area contributed by atoms with Crippen molar-refractivity contribution in [1.82, 2.24) is 10.2 Å². The van der Waals surface area contributed by atoms with E-state index in [2.05, 4.69) is 5.32 Å². The maximum Gasteiger partial charge on any atom is 0.329 e. The number of rotatable bonds is 8. The van der Waals surface area contributed by atoms with Crippen LogP contribution in [0.15, 0.2) is 0 Å². The first-order valence-electron chi connectivity index (χ1n) is 6.77. The molecule has 0 saturated heterocycles. The summed E-state index contributed by atoms with van der Waals surface area (Å²) in [7, 11) is 3.12. The molecule has 1 aliphatic rings. The van der Waals surface area contributed by atoms with E-state index < -0.39 is 11.5 Å². The molecule has 0 heterocycles. The van der Waals surface area contributed by atoms with Crippen molar-refractivity contribution in [3.05, 3.63) is 0 Å². The summed E-state index contributed by atoms with van der Waals surface area (Å²) in [6.07, 6.45) is 1.77. The molecule has 0 radical (unpaired) electrons. The number of urea groups is 1. The van der Waals surface area contributed by atoms with Gasteiger partial charge in [-0.05, 0) is 26.2 Å². The number of hydrogen-bond acceptors (Lipinski definition) is 4. The van der Waals surface area contributed by atoms with Gasteiger partial charge in [-0.3, -0.25) is 0 Å². The number of carbonyl (C=O) groups excluding carboxylic acids is 1. The normalized spacial score (nSPS) is 17.9. The maximum absolute atomic E-state index is 12.3. The molecule has 1 saturated carbocycles. The van der Waals surface area contributed by atoms with Crippen molar-refractivity contribution >= 4 is 12.0 Å². The Morgan fingerprint density at radius 3 is 2.40 bits per heavy atom. The number of ether oxygens (including phenoxy) is 2. The Kier molecular flexibility index (Phi) is 6.22. The first-order chi connectivity index (χ1) is 9.46. The summed E-state index contributed by atoms with van der Waals surface area (Å²) in [5.74, 6) is -0.969. The minimum absolute atomic E-state index is 0.152. The fourth-order valence-corrected chi connectivity index (χ4v) is 2.24. The average molecular weight is 288 g/mol. The SMILES string of the molecule is COCCN(C(=O)NC1(C(=O)O)CCC1)C(C)COC. The van der Waals surface area contributed by atoms with Crippen LogP contribution < -0.4 is 5.32 Å². The molecule has 2 amide bonds. The molecule has 0 aliphatic heterocycles. The fraction of sp³-hybridized carbons (Fsp3) is 0.846. The Labute approximate surface area is 119 Å². The number of carboxylic acid groups (broad SMARTS) is 1. The lowest BCUT2D eigenvalue weighted by Gasteiger charge is -2.40. The molecule has 0 aromatic rings. The standard InChI is InChI=1S/C13H24N2O5/c1-10(9-20-3)15(7-8-19-2)12(18)14-13(11(16)17)5-4-6-13/h10H,4-9H2,1-3H3,(H,14,18)(H,16,17). The quantitative estimate of drug-likeness (QED) is 0.686. The van der Waals surface area contributed by atoms with Gasteiger partial charge in [0.25, 0.3) is 0 Å². The molecule has 0 aromatic heterocycles. The van der Waals surface area contributed by atoms with Crippen LogP contribution in [0.3, 0.4) is 0 Å². The molecule has 1 unspecified atom stereocenters. The molecule has 20 heavy (non-hydrogen) atoms. The van der Waals surface area contributed by atoms with Crippen LogP contribution in [0.2, 0.25) is 0 Å². The van der Waals surface area contributed by atoms with Crippen LogP contribution in [0.25, 0.3) is 0 Å². The zero-order valence-corrected chi connectivity index (χ0v) is 12.3. The van der Waals surface area contributed by atoms with Crippen molar-refractivity contribution in [2.24, 2.45) is 0 Å². The molecule has 1 rings (SSSR count). The average Bonchev–Trinajstić information content (AvgIpc) is 2.34. The Morgan fingerprint density at radius 1 is 1.35 bits per heavy atom. The molecule has 7 nitrogen and oxygen atoms in total. The lowest BCUT2D eigenvalue weighted by atomic mass is 9.77. The smallest absolute Gasteiger partial charge is 0.329 e. The Bertz CT molecular complexity index is 344. The van der Waals surface area contributed by atoms with Crippen LogP contribution in [-0.4, -0.2) is 67.6 Å². The van der Waals surface area contributed by atoms with E-state index in [9.17, 15) is 14.7 Å². The van der Waals surface area contributed by atoms with Crippen LogP contribution in [0.5, 0.6) is 0 Å². The predicted octanol–water partition coefficient (Wildman–Crippen LogP) is 0.687. The highest BCUT2D eigenvalue weighted by molar-refractivity contribution is 5.87. The molecular formula is C13H24N2O5. The number of nitrogens with zero attached hydrogens (tertiary/aromatic N) is 1. The van der Waals surface area contributed by atoms with Gasteiger partial charge < -0.3 is 24.8 Å². The Morgan fingerprint density at radius 2 is 2.00 bits per heavy atom. The van der Waals surface area contributed by atoms with Gasteiger partial charge in [0.15, 0.2) is 0 Å². The zero-order chi connectivity index (χ0) is 15.2. The third kappa shape index (κ3) is 3.83. The van der Waals surface area contributed by atoms with E-state index in [1.807, 2.05) is 6.92 Å². The largest absolute Gasteiger partial charge is 0.480 e. The molecule has 1 aliphatic carbocycles. The fourth-order valence-electron chi connectivity index (χ4n) is 2.24. The molecule has 1 fully saturated rings. The van der Waals surface area contributed by atoms with Crippen molar-refractivity contribution < 1.29 is 24.2 Å². The molecule has 0 spiro atoms. The highest BCUT2D eigenvalue weighted by atomic mass is 16.5. The van der Waals surface area contributed by atoms with E-state index in [1.165, 1.54) is 0 Å². The van der Waals surface area contributed by atoms with E-state index >= 15 is 0 Å². The van der Waals surface area contributed by atoms with Gasteiger partial charge in [0.05, 0.1) is 19.3 Å². The van der Waals surface area contributed by atoms with Gasteiger partial charge in [0, 0.05) is 20.8 Å². The van der Waals surface area contributed by atoms with E-state index in [0.717, 1.165) is 6.42 Å². The summed E-state index contributed by atoms with van der Waals surface area (Å²) in [6.45, 7) is 3.02. The highest BCUT2D eigenvalue weighted by Gasteiger charge is 2.46. The van der Waals surface area contributed by atoms with Crippen LogP contribution in [0.4, 0.5) is 4.79 Å². The van der Waals surface area contributed by atoms with E-state index in [-0.39, 0.29) is 12.1 Å². The van der Waals surface area contributed by atoms with Crippen molar-refractivity contribution in [3.63, 3.8) is 0 Å². The minimum Gasteiger partial charge on any atom is -0.480 e. The summed E-state index contributed by atoms with van der Waals surface area (Å²) < 4.78 is 10.0. The minimum atomic E-state index is -1.10. The number of carbonyl (C=O) groups is 2. The molecule has 1 atom stereocenters. The van der Waals surface area contributed by atoms with Gasteiger partial charge in [0.2, 0.25) is 0 Å². The number of nitrogens with one attached hydrogen (secondary N) is 1. The van der Waals surface area contributed by atoms with Crippen LogP contribution in [-0.2, 0) is 14.3 Å². The van der Waals surface area contributed by atoms with Gasteiger partial charge in [-0.2, -0.15) is 0 Å². The van der Waals surface area contributed by atoms with Crippen LogP contribution >= 0.6 is 0 Å². The topological polar surface area (TPSA) is 88.1 Å². The second-order valence-corrected chi connectivity index (χ2v) is 5.16. The molecule has 2 N–H and O–H groups in total. The van der Waals surface area contributed by atoms with E-state index in [1.54, 1.807) is 19.1 Å². The number of aliphatic carboxylic acids is 1. The summed E-state index contributed by atoms with van der Waals surface area (Å²) >= 11 is 0. The summed E-state index contributed by atoms with van der Waals surface area (Å²) in [4.78, 5) is 25.2. The lowest BCUT2D eigenvalue weighted by Crippen LogP contribution is -2.63. The molecule has 7 heteroatoms. The van der Waals surface area contributed by atoms with Gasteiger partial charge in [0.1, 0.15) is 5.54 Å². The lowest BCUT2D eigenvalue weighted by molar-refractivity contribution is -0.148.